The number of carbonyl (C=O) groups is 2. The molecule has 0 fully saturated rings. The monoisotopic (exact) mass is 202 g/mol. The van der Waals surface area contributed by atoms with E-state index < -0.39 is 12.0 Å². The number of carbonyl (C=O) groups excluding carboxylic acids is 2. The number of nitrogens with two attached hydrogens (primary N) is 1. The molecule has 0 aliphatic rings. The minimum Gasteiger partial charge on any atom is -0.467 e. The van der Waals surface area contributed by atoms with Crippen molar-refractivity contribution < 1.29 is 14.3 Å². The molecule has 82 valence electrons. The Kier molecular flexibility index (Phi) is 5.87. The number of esters is 1. The molecule has 1 amide bonds. The molecule has 14 heavy (non-hydrogen) atoms. The van der Waals surface area contributed by atoms with Crippen LogP contribution in [0.4, 0.5) is 0 Å². The fourth-order valence-corrected chi connectivity index (χ4v) is 0.974. The van der Waals surface area contributed by atoms with Crippen molar-refractivity contribution in [2.45, 2.75) is 25.8 Å². The molecule has 1 unspecified atom stereocenters. The summed E-state index contributed by atoms with van der Waals surface area (Å²) in [6.45, 7) is 2.11. The van der Waals surface area contributed by atoms with E-state index in [2.05, 4.69) is 4.74 Å². The zero-order chi connectivity index (χ0) is 11.1. The average Bonchev–Trinajstić information content (AvgIpc) is 2.22. The number of amides is 1. The summed E-state index contributed by atoms with van der Waals surface area (Å²) in [7, 11) is 2.89. The van der Waals surface area contributed by atoms with Crippen molar-refractivity contribution in [3.63, 3.8) is 0 Å². The average molecular weight is 202 g/mol. The first-order chi connectivity index (χ1) is 6.54. The lowest BCUT2D eigenvalue weighted by atomic mass is 10.2. The van der Waals surface area contributed by atoms with Gasteiger partial charge in [0.2, 0.25) is 5.91 Å². The topological polar surface area (TPSA) is 72.6 Å². The number of hydrogen-bond donors (Lipinski definition) is 1. The molecule has 1 atom stereocenters. The molecule has 0 aromatic rings. The van der Waals surface area contributed by atoms with Gasteiger partial charge in [-0.15, -0.1) is 0 Å². The fourth-order valence-electron chi connectivity index (χ4n) is 0.974. The van der Waals surface area contributed by atoms with E-state index in [4.69, 9.17) is 5.73 Å². The first-order valence-corrected chi connectivity index (χ1v) is 4.58. The largest absolute Gasteiger partial charge is 0.467 e. The van der Waals surface area contributed by atoms with E-state index in [9.17, 15) is 9.59 Å². The zero-order valence-electron chi connectivity index (χ0n) is 8.95. The first kappa shape index (κ1) is 12.9. The molecule has 0 spiro atoms. The molecule has 5 heteroatoms. The van der Waals surface area contributed by atoms with Crippen molar-refractivity contribution in [3.8, 4) is 0 Å². The molecular formula is C9H18N2O3. The van der Waals surface area contributed by atoms with Crippen molar-refractivity contribution >= 4 is 11.9 Å². The highest BCUT2D eigenvalue weighted by molar-refractivity contribution is 5.83. The van der Waals surface area contributed by atoms with Gasteiger partial charge >= 0.3 is 5.97 Å². The molecule has 0 radical (unpaired) electrons. The quantitative estimate of drug-likeness (QED) is 0.624. The van der Waals surface area contributed by atoms with Gasteiger partial charge in [-0.25, -0.2) is 4.79 Å². The van der Waals surface area contributed by atoms with Crippen LogP contribution in [0.2, 0.25) is 0 Å². The predicted octanol–water partition coefficient (Wildman–Crippen LogP) is -0.255. The van der Waals surface area contributed by atoms with Gasteiger partial charge in [0.1, 0.15) is 6.04 Å². The van der Waals surface area contributed by atoms with Gasteiger partial charge in [0, 0.05) is 13.5 Å². The minimum atomic E-state index is -0.537. The SMILES string of the molecule is COC(=O)C(C)N(C)C(=O)CCCN. The maximum absolute atomic E-state index is 11.4. The molecule has 0 bridgehead atoms. The molecule has 0 rings (SSSR count). The molecule has 0 heterocycles. The van der Waals surface area contributed by atoms with Crippen molar-refractivity contribution in [1.82, 2.24) is 4.90 Å². The lowest BCUT2D eigenvalue weighted by Crippen LogP contribution is -2.40. The third-order valence-corrected chi connectivity index (χ3v) is 2.11. The van der Waals surface area contributed by atoms with Crippen LogP contribution in [-0.2, 0) is 14.3 Å². The van der Waals surface area contributed by atoms with Gasteiger partial charge in [-0.3, -0.25) is 4.79 Å². The number of ether oxygens (including phenoxy) is 1. The second kappa shape index (κ2) is 6.37. The van der Waals surface area contributed by atoms with Crippen LogP contribution in [0.3, 0.4) is 0 Å². The van der Waals surface area contributed by atoms with Crippen molar-refractivity contribution in [2.24, 2.45) is 5.73 Å². The Balaban J connectivity index is 4.10. The highest BCUT2D eigenvalue weighted by Gasteiger charge is 2.22. The molecule has 0 saturated heterocycles. The van der Waals surface area contributed by atoms with Gasteiger partial charge in [0.15, 0.2) is 0 Å². The van der Waals surface area contributed by atoms with Gasteiger partial charge in [0.25, 0.3) is 0 Å². The Labute approximate surface area is 84.2 Å². The molecule has 5 nitrogen and oxygen atoms in total. The number of likely N-dealkylation sites (N-methyl/N-ethyl adjacent to an activating group) is 1. The summed E-state index contributed by atoms with van der Waals surface area (Å²) in [5.41, 5.74) is 5.28. The van der Waals surface area contributed by atoms with E-state index in [1.54, 1.807) is 14.0 Å². The summed E-state index contributed by atoms with van der Waals surface area (Å²) in [6, 6.07) is -0.537. The van der Waals surface area contributed by atoms with E-state index in [0.717, 1.165) is 0 Å². The van der Waals surface area contributed by atoms with Crippen molar-refractivity contribution in [3.05, 3.63) is 0 Å². The molecule has 0 aromatic heterocycles. The number of methoxy groups -OCH3 is 1. The summed E-state index contributed by atoms with van der Waals surface area (Å²) in [5, 5.41) is 0. The van der Waals surface area contributed by atoms with E-state index in [-0.39, 0.29) is 5.91 Å². The summed E-state index contributed by atoms with van der Waals surface area (Å²) < 4.78 is 4.53. The van der Waals surface area contributed by atoms with Crippen LogP contribution in [-0.4, -0.2) is 43.5 Å². The molecule has 0 aliphatic heterocycles. The van der Waals surface area contributed by atoms with Gasteiger partial charge in [0.05, 0.1) is 7.11 Å². The van der Waals surface area contributed by atoms with Crippen molar-refractivity contribution in [2.75, 3.05) is 20.7 Å². The second-order valence-corrected chi connectivity index (χ2v) is 3.10. The van der Waals surface area contributed by atoms with Gasteiger partial charge in [-0.2, -0.15) is 0 Å². The molecule has 0 aliphatic carbocycles. The van der Waals surface area contributed by atoms with Gasteiger partial charge in [-0.05, 0) is 19.9 Å². The summed E-state index contributed by atoms with van der Waals surface area (Å²) in [6.07, 6.45) is 1.01. The molecule has 0 saturated carbocycles. The molecule has 2 N–H and O–H groups in total. The third-order valence-electron chi connectivity index (χ3n) is 2.11. The van der Waals surface area contributed by atoms with E-state index >= 15 is 0 Å². The summed E-state index contributed by atoms with van der Waals surface area (Å²) in [5.74, 6) is -0.498. The van der Waals surface area contributed by atoms with Crippen LogP contribution in [0.1, 0.15) is 19.8 Å². The molecule has 0 aromatic carbocycles. The second-order valence-electron chi connectivity index (χ2n) is 3.10. The summed E-state index contributed by atoms with van der Waals surface area (Å²) in [4.78, 5) is 23.9. The lowest BCUT2D eigenvalue weighted by Gasteiger charge is -2.22. The van der Waals surface area contributed by atoms with Crippen LogP contribution in [0.25, 0.3) is 0 Å². The highest BCUT2D eigenvalue weighted by atomic mass is 16.5. The minimum absolute atomic E-state index is 0.0895. The Hall–Kier alpha value is -1.10. The van der Waals surface area contributed by atoms with Crippen LogP contribution >= 0.6 is 0 Å². The number of rotatable bonds is 5. The van der Waals surface area contributed by atoms with Crippen LogP contribution < -0.4 is 5.73 Å². The van der Waals surface area contributed by atoms with Crippen LogP contribution in [0.15, 0.2) is 0 Å². The summed E-state index contributed by atoms with van der Waals surface area (Å²) >= 11 is 0. The fraction of sp³-hybridized carbons (Fsp3) is 0.778. The maximum atomic E-state index is 11.4. The Bertz CT molecular complexity index is 206. The van der Waals surface area contributed by atoms with E-state index in [1.807, 2.05) is 0 Å². The Morgan fingerprint density at radius 2 is 2.07 bits per heavy atom. The zero-order valence-corrected chi connectivity index (χ0v) is 8.95. The smallest absolute Gasteiger partial charge is 0.328 e. The normalized spacial score (nSPS) is 12.0. The van der Waals surface area contributed by atoms with E-state index in [0.29, 0.717) is 19.4 Å². The predicted molar refractivity (Wildman–Crippen MR) is 52.5 cm³/mol. The third kappa shape index (κ3) is 3.74. The number of nitrogens with zero attached hydrogens (tertiary/aromatic N) is 1. The Morgan fingerprint density at radius 1 is 1.50 bits per heavy atom. The maximum Gasteiger partial charge on any atom is 0.328 e. The highest BCUT2D eigenvalue weighted by Crippen LogP contribution is 2.02. The van der Waals surface area contributed by atoms with Crippen molar-refractivity contribution in [1.29, 1.82) is 0 Å². The van der Waals surface area contributed by atoms with Gasteiger partial charge in [-0.1, -0.05) is 0 Å². The van der Waals surface area contributed by atoms with Crippen LogP contribution in [0, 0.1) is 0 Å². The Morgan fingerprint density at radius 3 is 2.50 bits per heavy atom. The standard InChI is InChI=1S/C9H18N2O3/c1-7(9(13)14-3)11(2)8(12)5-4-6-10/h7H,4-6,10H2,1-3H3. The van der Waals surface area contributed by atoms with E-state index in [1.165, 1.54) is 12.0 Å². The number of hydrogen-bond acceptors (Lipinski definition) is 4. The van der Waals surface area contributed by atoms with Gasteiger partial charge < -0.3 is 15.4 Å². The first-order valence-electron chi connectivity index (χ1n) is 4.58. The lowest BCUT2D eigenvalue weighted by molar-refractivity contribution is -0.151. The van der Waals surface area contributed by atoms with Crippen LogP contribution in [0.5, 0.6) is 0 Å². The molecular weight excluding hydrogens is 184 g/mol.